The Labute approximate surface area is 227 Å². The second-order valence-corrected chi connectivity index (χ2v) is 10.3. The topological polar surface area (TPSA) is 117 Å². The fourth-order valence-corrected chi connectivity index (χ4v) is 4.22. The molecule has 0 aliphatic carbocycles. The summed E-state index contributed by atoms with van der Waals surface area (Å²) >= 11 is 0. The maximum atomic E-state index is 13.0. The van der Waals surface area contributed by atoms with Gasteiger partial charge < -0.3 is 20.5 Å². The van der Waals surface area contributed by atoms with E-state index < -0.39 is 0 Å². The highest BCUT2D eigenvalue weighted by Crippen LogP contribution is 2.31. The van der Waals surface area contributed by atoms with Gasteiger partial charge in [-0.15, -0.1) is 4.91 Å². The van der Waals surface area contributed by atoms with E-state index in [-0.39, 0.29) is 28.4 Å². The van der Waals surface area contributed by atoms with Crippen LogP contribution in [0.25, 0.3) is 11.3 Å². The molecule has 9 nitrogen and oxygen atoms in total. The maximum absolute atomic E-state index is 13.0. The van der Waals surface area contributed by atoms with Gasteiger partial charge in [-0.1, -0.05) is 45.0 Å². The first-order chi connectivity index (χ1) is 18.5. The number of carbonyl (C=O) groups excluding carboxylic acids is 1. The molecule has 0 aliphatic heterocycles. The third kappa shape index (κ3) is 5.87. The Morgan fingerprint density at radius 3 is 2.36 bits per heavy atom. The van der Waals surface area contributed by atoms with Gasteiger partial charge in [0.1, 0.15) is 5.69 Å². The van der Waals surface area contributed by atoms with Crippen LogP contribution >= 0.6 is 0 Å². The normalized spacial score (nSPS) is 11.1. The lowest BCUT2D eigenvalue weighted by atomic mass is 9.86. The molecule has 3 N–H and O–H groups in total. The third-order valence-corrected chi connectivity index (χ3v) is 6.57. The quantitative estimate of drug-likeness (QED) is 0.238. The number of aromatic nitrogens is 2. The van der Waals surface area contributed by atoms with Crippen LogP contribution in [0.5, 0.6) is 0 Å². The fourth-order valence-electron chi connectivity index (χ4n) is 4.22. The molecule has 0 atom stereocenters. The van der Waals surface area contributed by atoms with E-state index in [2.05, 4.69) is 46.9 Å². The lowest BCUT2D eigenvalue weighted by Crippen LogP contribution is -2.21. The van der Waals surface area contributed by atoms with Crippen LogP contribution in [0.2, 0.25) is 0 Å². The second-order valence-electron chi connectivity index (χ2n) is 10.3. The summed E-state index contributed by atoms with van der Waals surface area (Å²) in [7, 11) is 3.34. The van der Waals surface area contributed by atoms with Gasteiger partial charge in [0.15, 0.2) is 5.82 Å². The molecule has 0 saturated carbocycles. The molecule has 4 aromatic rings. The monoisotopic (exact) mass is 524 g/mol. The van der Waals surface area contributed by atoms with Crippen LogP contribution < -0.4 is 21.5 Å². The molecule has 39 heavy (non-hydrogen) atoms. The van der Waals surface area contributed by atoms with Crippen LogP contribution in [-0.4, -0.2) is 22.5 Å². The van der Waals surface area contributed by atoms with Crippen LogP contribution in [0.3, 0.4) is 0 Å². The van der Waals surface area contributed by atoms with Crippen molar-refractivity contribution in [1.82, 2.24) is 9.55 Å². The third-order valence-electron chi connectivity index (χ3n) is 6.57. The molecule has 200 valence electrons. The number of amides is 1. The Morgan fingerprint density at radius 1 is 1.00 bits per heavy atom. The number of hydrogen-bond acceptors (Lipinski definition) is 7. The largest absolute Gasteiger partial charge is 0.386 e. The number of anilines is 4. The lowest BCUT2D eigenvalue weighted by Gasteiger charge is -2.19. The first-order valence-electron chi connectivity index (χ1n) is 12.5. The number of nitrogens with zero attached hydrogens (tertiary/aromatic N) is 3. The van der Waals surface area contributed by atoms with E-state index in [4.69, 9.17) is 0 Å². The van der Waals surface area contributed by atoms with Gasteiger partial charge in [-0.25, -0.2) is 4.98 Å². The van der Waals surface area contributed by atoms with Crippen LogP contribution in [0.4, 0.5) is 28.6 Å². The molecule has 0 saturated heterocycles. The van der Waals surface area contributed by atoms with Crippen molar-refractivity contribution >= 4 is 34.5 Å². The molecule has 0 aliphatic rings. The van der Waals surface area contributed by atoms with E-state index in [9.17, 15) is 14.5 Å². The van der Waals surface area contributed by atoms with E-state index in [1.54, 1.807) is 38.5 Å². The van der Waals surface area contributed by atoms with Gasteiger partial charge in [0.2, 0.25) is 0 Å². The molecule has 1 heterocycles. The van der Waals surface area contributed by atoms with Crippen molar-refractivity contribution in [2.24, 2.45) is 12.2 Å². The van der Waals surface area contributed by atoms with Gasteiger partial charge in [-0.2, -0.15) is 0 Å². The molecular weight excluding hydrogens is 492 g/mol. The predicted octanol–water partition coefficient (Wildman–Crippen LogP) is 6.49. The highest BCUT2D eigenvalue weighted by atomic mass is 16.3. The number of nitroso groups, excluding NO2 is 1. The van der Waals surface area contributed by atoms with Crippen molar-refractivity contribution in [1.29, 1.82) is 0 Å². The molecule has 9 heteroatoms. The predicted molar refractivity (Wildman–Crippen MR) is 157 cm³/mol. The van der Waals surface area contributed by atoms with Crippen LogP contribution in [0, 0.1) is 11.8 Å². The van der Waals surface area contributed by atoms with Gasteiger partial charge in [0, 0.05) is 42.8 Å². The van der Waals surface area contributed by atoms with Crippen molar-refractivity contribution in [3.63, 3.8) is 0 Å². The molecule has 0 spiro atoms. The maximum Gasteiger partial charge on any atom is 0.293 e. The summed E-state index contributed by atoms with van der Waals surface area (Å²) in [5, 5.41) is 12.0. The minimum atomic E-state index is -0.335. The molecule has 0 unspecified atom stereocenters. The van der Waals surface area contributed by atoms with Gasteiger partial charge in [0.25, 0.3) is 11.5 Å². The Morgan fingerprint density at radius 2 is 1.72 bits per heavy atom. The first kappa shape index (κ1) is 27.3. The number of rotatable bonds is 7. The summed E-state index contributed by atoms with van der Waals surface area (Å²) in [6.07, 6.45) is 1.65. The molecule has 0 fully saturated rings. The number of nitrogens with one attached hydrogen (secondary N) is 3. The van der Waals surface area contributed by atoms with Gasteiger partial charge in [-0.05, 0) is 65.0 Å². The summed E-state index contributed by atoms with van der Waals surface area (Å²) in [5.41, 5.74) is 5.42. The Bertz CT molecular complexity index is 1600. The fraction of sp³-hybridized carbons (Fsp3) is 0.233. The van der Waals surface area contributed by atoms with Crippen LogP contribution in [-0.2, 0) is 12.5 Å². The molecule has 0 bridgehead atoms. The SMILES string of the molecule is CNc1ccc(Nc2nc(-c3cccc(NC(=O)c4ccc(C(C)(C)C)cc4)c3C)cn(C)c2=O)cc1N=O. The molecular formula is C30H32N6O3. The summed E-state index contributed by atoms with van der Waals surface area (Å²) in [6, 6.07) is 18.1. The van der Waals surface area contributed by atoms with E-state index in [1.165, 1.54) is 4.57 Å². The molecule has 1 aromatic heterocycles. The van der Waals surface area contributed by atoms with Crippen LogP contribution in [0.1, 0.15) is 42.3 Å². The second kappa shape index (κ2) is 10.9. The minimum Gasteiger partial charge on any atom is -0.386 e. The number of aryl methyl sites for hydroxylation is 1. The van der Waals surface area contributed by atoms with E-state index in [0.29, 0.717) is 28.3 Å². The summed E-state index contributed by atoms with van der Waals surface area (Å²) in [4.78, 5) is 41.7. The van der Waals surface area contributed by atoms with Gasteiger partial charge >= 0.3 is 0 Å². The minimum absolute atomic E-state index is 0.000246. The van der Waals surface area contributed by atoms with Gasteiger partial charge in [0.05, 0.1) is 11.4 Å². The van der Waals surface area contributed by atoms with E-state index in [1.807, 2.05) is 49.4 Å². The standard InChI is InChI=1S/C30H32N6O3/c1-18-22(8-7-9-23(18)34-28(37)19-10-12-20(13-11-19)30(2,3)4)26-17-36(6)29(38)27(33-26)32-21-14-15-24(31-5)25(16-21)35-39/h7-17,31H,1-6H3,(H,32,33)(H,34,37). The Balaban J connectivity index is 1.64. The summed E-state index contributed by atoms with van der Waals surface area (Å²) < 4.78 is 1.44. The zero-order valence-corrected chi connectivity index (χ0v) is 22.9. The van der Waals surface area contributed by atoms with Gasteiger partial charge in [-0.3, -0.25) is 9.59 Å². The van der Waals surface area contributed by atoms with Crippen molar-refractivity contribution in [2.45, 2.75) is 33.1 Å². The first-order valence-corrected chi connectivity index (χ1v) is 12.5. The number of hydrogen-bond donors (Lipinski definition) is 3. The molecule has 3 aromatic carbocycles. The van der Waals surface area contributed by atoms with Crippen molar-refractivity contribution < 1.29 is 4.79 Å². The zero-order chi connectivity index (χ0) is 28.3. The van der Waals surface area contributed by atoms with Crippen molar-refractivity contribution in [3.8, 4) is 11.3 Å². The molecule has 0 radical (unpaired) electrons. The average molecular weight is 525 g/mol. The average Bonchev–Trinajstić information content (AvgIpc) is 2.91. The zero-order valence-electron chi connectivity index (χ0n) is 22.9. The van der Waals surface area contributed by atoms with E-state index >= 15 is 0 Å². The highest BCUT2D eigenvalue weighted by molar-refractivity contribution is 6.05. The number of benzene rings is 3. The highest BCUT2D eigenvalue weighted by Gasteiger charge is 2.17. The molecule has 4 rings (SSSR count). The Kier molecular flexibility index (Phi) is 7.62. The van der Waals surface area contributed by atoms with E-state index in [0.717, 1.165) is 16.7 Å². The van der Waals surface area contributed by atoms with Crippen LogP contribution in [0.15, 0.2) is 76.8 Å². The lowest BCUT2D eigenvalue weighted by molar-refractivity contribution is 0.102. The summed E-state index contributed by atoms with van der Waals surface area (Å²) in [6.45, 7) is 8.28. The van der Waals surface area contributed by atoms with Crippen molar-refractivity contribution in [3.05, 3.63) is 98.8 Å². The molecule has 1 amide bonds. The van der Waals surface area contributed by atoms with Crippen molar-refractivity contribution in [2.75, 3.05) is 23.0 Å². The Hall–Kier alpha value is -4.79. The smallest absolute Gasteiger partial charge is 0.293 e. The summed E-state index contributed by atoms with van der Waals surface area (Å²) in [5.74, 6) is -0.118. The number of carbonyl (C=O) groups is 1.